The second kappa shape index (κ2) is 10.9. The Bertz CT molecular complexity index is 1130. The Balaban J connectivity index is 1.53. The number of carboxylic acid groups (broad SMARTS) is 1. The van der Waals surface area contributed by atoms with E-state index in [0.29, 0.717) is 25.0 Å². The summed E-state index contributed by atoms with van der Waals surface area (Å²) in [6.07, 6.45) is 0.681. The van der Waals surface area contributed by atoms with E-state index in [1.807, 2.05) is 0 Å². The SMILES string of the molecule is CN(C(=O)OCc1c(-c2cnc(O[C@H]3CCC[C@H](C(=O)O)C3)c(C(F)(F)F)c2)nnn1C)C1CCCC1. The molecular weight excluding hydrogens is 495 g/mol. The summed E-state index contributed by atoms with van der Waals surface area (Å²) < 4.78 is 54.2. The molecule has 2 aromatic rings. The average molecular weight is 526 g/mol. The van der Waals surface area contributed by atoms with E-state index in [-0.39, 0.29) is 30.3 Å². The number of carbonyl (C=O) groups excluding carboxylic acids is 1. The molecule has 2 aliphatic rings. The number of carbonyl (C=O) groups is 2. The zero-order valence-electron chi connectivity index (χ0n) is 20.7. The number of aromatic nitrogens is 4. The molecule has 2 aromatic heterocycles. The van der Waals surface area contributed by atoms with E-state index in [1.54, 1.807) is 19.0 Å². The normalized spacial score (nSPS) is 20.6. The largest absolute Gasteiger partial charge is 0.481 e. The summed E-state index contributed by atoms with van der Waals surface area (Å²) >= 11 is 0. The van der Waals surface area contributed by atoms with Crippen molar-refractivity contribution in [1.29, 1.82) is 0 Å². The molecule has 202 valence electrons. The molecule has 0 bridgehead atoms. The average Bonchev–Trinajstić information content (AvgIpc) is 3.52. The van der Waals surface area contributed by atoms with Crippen molar-refractivity contribution in [2.75, 3.05) is 7.05 Å². The van der Waals surface area contributed by atoms with E-state index >= 15 is 0 Å². The van der Waals surface area contributed by atoms with Crippen LogP contribution in [0.3, 0.4) is 0 Å². The first kappa shape index (κ1) is 26.7. The van der Waals surface area contributed by atoms with Crippen molar-refractivity contribution in [3.63, 3.8) is 0 Å². The van der Waals surface area contributed by atoms with Gasteiger partial charge in [-0.3, -0.25) is 4.79 Å². The number of pyridine rings is 1. The molecule has 0 saturated heterocycles. The highest BCUT2D eigenvalue weighted by atomic mass is 19.4. The number of ether oxygens (including phenoxy) is 2. The van der Waals surface area contributed by atoms with Crippen molar-refractivity contribution in [2.24, 2.45) is 13.0 Å². The molecular formula is C24H30F3N5O5. The number of rotatable bonds is 7. The van der Waals surface area contributed by atoms with Gasteiger partial charge in [-0.15, -0.1) is 5.10 Å². The van der Waals surface area contributed by atoms with Gasteiger partial charge in [0.2, 0.25) is 5.88 Å². The highest BCUT2D eigenvalue weighted by molar-refractivity contribution is 5.70. The van der Waals surface area contributed by atoms with E-state index in [9.17, 15) is 27.9 Å². The predicted molar refractivity (Wildman–Crippen MR) is 123 cm³/mol. The van der Waals surface area contributed by atoms with E-state index < -0.39 is 41.7 Å². The number of aliphatic carboxylic acids is 1. The fourth-order valence-corrected chi connectivity index (χ4v) is 4.95. The quantitative estimate of drug-likeness (QED) is 0.564. The lowest BCUT2D eigenvalue weighted by molar-refractivity contribution is -0.145. The van der Waals surface area contributed by atoms with Crippen molar-refractivity contribution in [3.05, 3.63) is 23.5 Å². The van der Waals surface area contributed by atoms with Crippen molar-refractivity contribution < 1.29 is 37.3 Å². The summed E-state index contributed by atoms with van der Waals surface area (Å²) in [4.78, 5) is 29.3. The number of halogens is 3. The number of hydrogen-bond acceptors (Lipinski definition) is 7. The molecule has 0 aromatic carbocycles. The summed E-state index contributed by atoms with van der Waals surface area (Å²) in [6, 6.07) is 0.984. The van der Waals surface area contributed by atoms with E-state index in [1.165, 1.54) is 10.9 Å². The Morgan fingerprint density at radius 3 is 2.59 bits per heavy atom. The van der Waals surface area contributed by atoms with Gasteiger partial charge >= 0.3 is 18.2 Å². The third-order valence-corrected chi connectivity index (χ3v) is 7.12. The molecule has 2 fully saturated rings. The maximum atomic E-state index is 14.0. The molecule has 2 saturated carbocycles. The molecule has 2 heterocycles. The van der Waals surface area contributed by atoms with Crippen LogP contribution in [-0.4, -0.2) is 61.2 Å². The lowest BCUT2D eigenvalue weighted by atomic mass is 9.87. The fourth-order valence-electron chi connectivity index (χ4n) is 4.95. The van der Waals surface area contributed by atoms with Crippen LogP contribution in [0.5, 0.6) is 5.88 Å². The van der Waals surface area contributed by atoms with E-state index in [2.05, 4.69) is 15.3 Å². The molecule has 0 aliphatic heterocycles. The van der Waals surface area contributed by atoms with Crippen LogP contribution < -0.4 is 4.74 Å². The topological polar surface area (TPSA) is 120 Å². The highest BCUT2D eigenvalue weighted by Gasteiger charge is 2.38. The minimum Gasteiger partial charge on any atom is -0.481 e. The van der Waals surface area contributed by atoms with Gasteiger partial charge < -0.3 is 19.5 Å². The zero-order valence-corrected chi connectivity index (χ0v) is 20.7. The lowest BCUT2D eigenvalue weighted by Gasteiger charge is -2.27. The molecule has 37 heavy (non-hydrogen) atoms. The first-order chi connectivity index (χ1) is 17.5. The van der Waals surface area contributed by atoms with Gasteiger partial charge in [0.05, 0.1) is 5.92 Å². The van der Waals surface area contributed by atoms with Gasteiger partial charge in [0.15, 0.2) is 0 Å². The molecule has 0 spiro atoms. The zero-order chi connectivity index (χ0) is 26.7. The summed E-state index contributed by atoms with van der Waals surface area (Å²) in [7, 11) is 3.22. The first-order valence-corrected chi connectivity index (χ1v) is 12.3. The smallest absolute Gasteiger partial charge is 0.421 e. The van der Waals surface area contributed by atoms with Crippen LogP contribution in [0, 0.1) is 5.92 Å². The maximum Gasteiger partial charge on any atom is 0.421 e. The second-order valence-corrected chi connectivity index (χ2v) is 9.63. The van der Waals surface area contributed by atoms with Crippen LogP contribution in [0.15, 0.2) is 12.3 Å². The summed E-state index contributed by atoms with van der Waals surface area (Å²) in [6.45, 7) is -0.229. The summed E-state index contributed by atoms with van der Waals surface area (Å²) in [5.41, 5.74) is -0.646. The Labute approximate surface area is 211 Å². The minimum absolute atomic E-state index is 0.0371. The van der Waals surface area contributed by atoms with Crippen LogP contribution in [0.1, 0.15) is 62.6 Å². The monoisotopic (exact) mass is 525 g/mol. The number of carboxylic acids is 1. The minimum atomic E-state index is -4.78. The Morgan fingerprint density at radius 1 is 1.19 bits per heavy atom. The van der Waals surface area contributed by atoms with Crippen LogP contribution in [0.4, 0.5) is 18.0 Å². The number of aryl methyl sites for hydroxylation is 1. The van der Waals surface area contributed by atoms with E-state index in [0.717, 1.165) is 31.7 Å². The summed E-state index contributed by atoms with van der Waals surface area (Å²) in [5.74, 6) is -2.26. The number of hydrogen-bond donors (Lipinski definition) is 1. The molecule has 1 amide bonds. The highest BCUT2D eigenvalue weighted by Crippen LogP contribution is 2.39. The third kappa shape index (κ3) is 6.13. The van der Waals surface area contributed by atoms with Gasteiger partial charge in [0.25, 0.3) is 0 Å². The second-order valence-electron chi connectivity index (χ2n) is 9.63. The number of nitrogens with zero attached hydrogens (tertiary/aromatic N) is 5. The van der Waals surface area contributed by atoms with Gasteiger partial charge in [-0.25, -0.2) is 14.5 Å². The molecule has 4 rings (SSSR count). The van der Waals surface area contributed by atoms with E-state index in [4.69, 9.17) is 9.47 Å². The molecule has 2 atom stereocenters. The fraction of sp³-hybridized carbons (Fsp3) is 0.625. The van der Waals surface area contributed by atoms with Crippen molar-refractivity contribution in [3.8, 4) is 17.1 Å². The van der Waals surface area contributed by atoms with Gasteiger partial charge in [-0.1, -0.05) is 18.1 Å². The molecule has 1 N–H and O–H groups in total. The predicted octanol–water partition coefficient (Wildman–Crippen LogP) is 4.43. The van der Waals surface area contributed by atoms with Crippen LogP contribution in [0.2, 0.25) is 0 Å². The molecule has 0 unspecified atom stereocenters. The Morgan fingerprint density at radius 2 is 1.92 bits per heavy atom. The number of alkyl halides is 3. The van der Waals surface area contributed by atoms with Gasteiger partial charge in [-0.05, 0) is 44.6 Å². The van der Waals surface area contributed by atoms with Crippen molar-refractivity contribution in [1.82, 2.24) is 24.9 Å². The molecule has 10 nitrogen and oxygen atoms in total. The van der Waals surface area contributed by atoms with Crippen LogP contribution in [0.25, 0.3) is 11.3 Å². The van der Waals surface area contributed by atoms with Gasteiger partial charge in [-0.2, -0.15) is 13.2 Å². The van der Waals surface area contributed by atoms with Crippen molar-refractivity contribution in [2.45, 2.75) is 76.3 Å². The lowest BCUT2D eigenvalue weighted by Crippen LogP contribution is -2.35. The Kier molecular flexibility index (Phi) is 7.88. The van der Waals surface area contributed by atoms with Gasteiger partial charge in [0.1, 0.15) is 29.7 Å². The maximum absolute atomic E-state index is 14.0. The standard InChI is InChI=1S/C24H30F3N5O5/c1-31(16-7-3-4-8-16)23(35)36-13-19-20(29-30-32(19)2)15-11-18(24(25,26)27)21(28-12-15)37-17-9-5-6-14(10-17)22(33)34/h11-12,14,16-17H,3-10,13H2,1-2H3,(H,33,34)/t14-,17-/m0/s1. The first-order valence-electron chi connectivity index (χ1n) is 12.3. The van der Waals surface area contributed by atoms with Gasteiger partial charge in [0, 0.05) is 31.9 Å². The van der Waals surface area contributed by atoms with Crippen LogP contribution in [-0.2, 0) is 29.4 Å². The Hall–Kier alpha value is -3.38. The molecule has 0 radical (unpaired) electrons. The number of amides is 1. The summed E-state index contributed by atoms with van der Waals surface area (Å²) in [5, 5.41) is 17.1. The van der Waals surface area contributed by atoms with Crippen LogP contribution >= 0.6 is 0 Å². The molecule has 13 heteroatoms. The third-order valence-electron chi connectivity index (χ3n) is 7.12. The van der Waals surface area contributed by atoms with Crippen molar-refractivity contribution >= 4 is 12.1 Å². The molecule has 2 aliphatic carbocycles.